The molecule has 122 valence electrons. The Morgan fingerprint density at radius 3 is 2.61 bits per heavy atom. The molecule has 0 aliphatic carbocycles. The zero-order chi connectivity index (χ0) is 15.4. The summed E-state index contributed by atoms with van der Waals surface area (Å²) < 4.78 is 5.05. The van der Waals surface area contributed by atoms with Crippen molar-refractivity contribution in [3.05, 3.63) is 54.0 Å². The summed E-state index contributed by atoms with van der Waals surface area (Å²) in [5, 5.41) is 5.94. The Morgan fingerprint density at radius 1 is 1.13 bits per heavy atom. The van der Waals surface area contributed by atoms with Gasteiger partial charge in [-0.25, -0.2) is 0 Å². The molecule has 0 radical (unpaired) electrons. The molecule has 2 aromatic rings. The minimum Gasteiger partial charge on any atom is -0.459 e. The molecule has 2 amide bonds. The van der Waals surface area contributed by atoms with Crippen molar-refractivity contribution in [3.8, 4) is 0 Å². The van der Waals surface area contributed by atoms with Gasteiger partial charge in [-0.1, -0.05) is 6.07 Å². The second-order valence-electron chi connectivity index (χ2n) is 5.05. The number of furan rings is 1. The van der Waals surface area contributed by atoms with E-state index in [0.717, 1.165) is 13.1 Å². The fraction of sp³-hybridized carbons (Fsp3) is 0.250. The van der Waals surface area contributed by atoms with Crippen LogP contribution in [-0.2, 0) is 0 Å². The van der Waals surface area contributed by atoms with Crippen LogP contribution in [0.2, 0.25) is 0 Å². The van der Waals surface area contributed by atoms with Crippen LogP contribution in [0.1, 0.15) is 20.9 Å². The number of hydrogen-bond donors (Lipinski definition) is 2. The smallest absolute Gasteiger partial charge is 0.291 e. The van der Waals surface area contributed by atoms with Gasteiger partial charge in [0.05, 0.1) is 6.26 Å². The molecule has 1 aliphatic heterocycles. The van der Waals surface area contributed by atoms with Gasteiger partial charge in [0.25, 0.3) is 11.8 Å². The number of piperazine rings is 1. The van der Waals surface area contributed by atoms with Crippen molar-refractivity contribution in [2.24, 2.45) is 0 Å². The Kier molecular flexibility index (Phi) is 5.78. The van der Waals surface area contributed by atoms with E-state index >= 15 is 0 Å². The molecule has 0 bridgehead atoms. The van der Waals surface area contributed by atoms with Gasteiger partial charge in [-0.05, 0) is 30.3 Å². The molecule has 1 saturated heterocycles. The molecule has 3 rings (SSSR count). The second-order valence-corrected chi connectivity index (χ2v) is 5.05. The van der Waals surface area contributed by atoms with Gasteiger partial charge in [-0.2, -0.15) is 0 Å². The normalized spacial score (nSPS) is 14.0. The summed E-state index contributed by atoms with van der Waals surface area (Å²) >= 11 is 0. The predicted octanol–water partition coefficient (Wildman–Crippen LogP) is 2.00. The Morgan fingerprint density at radius 2 is 1.91 bits per heavy atom. The van der Waals surface area contributed by atoms with Crippen LogP contribution in [0.25, 0.3) is 0 Å². The van der Waals surface area contributed by atoms with Gasteiger partial charge < -0.3 is 20.0 Å². The maximum Gasteiger partial charge on any atom is 0.291 e. The minimum absolute atomic E-state index is 0. The SMILES string of the molecule is Cl.O=C(Nc1cccc(C(=O)N2CCNCC2)c1)c1ccco1. The molecule has 0 unspecified atom stereocenters. The van der Waals surface area contributed by atoms with Crippen LogP contribution in [0.15, 0.2) is 47.1 Å². The maximum atomic E-state index is 12.4. The molecule has 1 aromatic heterocycles. The highest BCUT2D eigenvalue weighted by Crippen LogP contribution is 2.14. The maximum absolute atomic E-state index is 12.4. The van der Waals surface area contributed by atoms with E-state index in [1.165, 1.54) is 6.26 Å². The van der Waals surface area contributed by atoms with Crippen LogP contribution in [-0.4, -0.2) is 42.9 Å². The van der Waals surface area contributed by atoms with Crippen molar-refractivity contribution in [3.63, 3.8) is 0 Å². The summed E-state index contributed by atoms with van der Waals surface area (Å²) in [6, 6.07) is 10.2. The van der Waals surface area contributed by atoms with E-state index in [1.54, 1.807) is 36.4 Å². The van der Waals surface area contributed by atoms with Crippen LogP contribution in [0.3, 0.4) is 0 Å². The molecule has 2 heterocycles. The first kappa shape index (κ1) is 17.1. The first-order chi connectivity index (χ1) is 10.7. The number of amides is 2. The number of rotatable bonds is 3. The van der Waals surface area contributed by atoms with E-state index < -0.39 is 0 Å². The Bertz CT molecular complexity index is 667. The van der Waals surface area contributed by atoms with Gasteiger partial charge in [0.1, 0.15) is 0 Å². The zero-order valence-electron chi connectivity index (χ0n) is 12.5. The third-order valence-electron chi connectivity index (χ3n) is 3.52. The molecule has 2 N–H and O–H groups in total. The number of carbonyl (C=O) groups excluding carboxylic acids is 2. The average Bonchev–Trinajstić information content (AvgIpc) is 3.10. The third kappa shape index (κ3) is 4.12. The van der Waals surface area contributed by atoms with Gasteiger partial charge >= 0.3 is 0 Å². The lowest BCUT2D eigenvalue weighted by Gasteiger charge is -2.27. The molecule has 1 fully saturated rings. The molecular weight excluding hydrogens is 318 g/mol. The number of nitrogens with zero attached hydrogens (tertiary/aromatic N) is 1. The highest BCUT2D eigenvalue weighted by molar-refractivity contribution is 6.03. The molecule has 0 saturated carbocycles. The molecule has 1 aromatic carbocycles. The molecule has 6 nitrogen and oxygen atoms in total. The predicted molar refractivity (Wildman–Crippen MR) is 89.1 cm³/mol. The summed E-state index contributed by atoms with van der Waals surface area (Å²) in [7, 11) is 0. The molecule has 0 atom stereocenters. The average molecular weight is 336 g/mol. The van der Waals surface area contributed by atoms with Crippen molar-refractivity contribution in [1.29, 1.82) is 0 Å². The summed E-state index contributed by atoms with van der Waals surface area (Å²) in [4.78, 5) is 26.2. The van der Waals surface area contributed by atoms with Crippen LogP contribution in [0.4, 0.5) is 5.69 Å². The van der Waals surface area contributed by atoms with E-state index in [1.807, 2.05) is 4.90 Å². The van der Waals surface area contributed by atoms with Gasteiger partial charge in [0, 0.05) is 37.4 Å². The Hall–Kier alpha value is -2.31. The van der Waals surface area contributed by atoms with Gasteiger partial charge in [-0.3, -0.25) is 9.59 Å². The summed E-state index contributed by atoms with van der Waals surface area (Å²) in [6.45, 7) is 3.00. The lowest BCUT2D eigenvalue weighted by Crippen LogP contribution is -2.46. The fourth-order valence-electron chi connectivity index (χ4n) is 2.38. The Labute approximate surface area is 140 Å². The van der Waals surface area contributed by atoms with E-state index in [-0.39, 0.29) is 30.0 Å². The standard InChI is InChI=1S/C16H17N3O3.ClH/c20-15(14-5-2-10-22-14)18-13-4-1-3-12(11-13)16(21)19-8-6-17-7-9-19;/h1-5,10-11,17H,6-9H2,(H,18,20);1H. The molecule has 7 heteroatoms. The summed E-state index contributed by atoms with van der Waals surface area (Å²) in [6.07, 6.45) is 1.44. The van der Waals surface area contributed by atoms with Gasteiger partial charge in [-0.15, -0.1) is 12.4 Å². The molecule has 1 aliphatic rings. The van der Waals surface area contributed by atoms with E-state index in [9.17, 15) is 9.59 Å². The van der Waals surface area contributed by atoms with Crippen LogP contribution in [0.5, 0.6) is 0 Å². The van der Waals surface area contributed by atoms with Crippen LogP contribution < -0.4 is 10.6 Å². The summed E-state index contributed by atoms with van der Waals surface area (Å²) in [5.74, 6) is -0.119. The topological polar surface area (TPSA) is 74.6 Å². The van der Waals surface area contributed by atoms with Crippen LogP contribution in [0, 0.1) is 0 Å². The minimum atomic E-state index is -0.336. The van der Waals surface area contributed by atoms with Gasteiger partial charge in [0.2, 0.25) is 0 Å². The fourth-order valence-corrected chi connectivity index (χ4v) is 2.38. The van der Waals surface area contributed by atoms with Gasteiger partial charge in [0.15, 0.2) is 5.76 Å². The van der Waals surface area contributed by atoms with E-state index in [4.69, 9.17) is 4.42 Å². The number of nitrogens with one attached hydrogen (secondary N) is 2. The van der Waals surface area contributed by atoms with Crippen molar-refractivity contribution >= 4 is 29.9 Å². The number of hydrogen-bond acceptors (Lipinski definition) is 4. The number of carbonyl (C=O) groups is 2. The summed E-state index contributed by atoms with van der Waals surface area (Å²) in [5.41, 5.74) is 1.14. The highest BCUT2D eigenvalue weighted by atomic mass is 35.5. The molecular formula is C16H18ClN3O3. The monoisotopic (exact) mass is 335 g/mol. The molecule has 0 spiro atoms. The number of benzene rings is 1. The second kappa shape index (κ2) is 7.80. The first-order valence-corrected chi connectivity index (χ1v) is 7.19. The van der Waals surface area contributed by atoms with Crippen molar-refractivity contribution in [2.75, 3.05) is 31.5 Å². The van der Waals surface area contributed by atoms with Crippen molar-refractivity contribution < 1.29 is 14.0 Å². The quantitative estimate of drug-likeness (QED) is 0.899. The highest BCUT2D eigenvalue weighted by Gasteiger charge is 2.18. The number of anilines is 1. The Balaban J connectivity index is 0.00000192. The third-order valence-corrected chi connectivity index (χ3v) is 3.52. The van der Waals surface area contributed by atoms with E-state index in [0.29, 0.717) is 24.3 Å². The van der Waals surface area contributed by atoms with Crippen molar-refractivity contribution in [1.82, 2.24) is 10.2 Å². The van der Waals surface area contributed by atoms with E-state index in [2.05, 4.69) is 10.6 Å². The molecule has 23 heavy (non-hydrogen) atoms. The van der Waals surface area contributed by atoms with Crippen LogP contribution >= 0.6 is 12.4 Å². The lowest BCUT2D eigenvalue weighted by atomic mass is 10.1. The van der Waals surface area contributed by atoms with Crippen molar-refractivity contribution in [2.45, 2.75) is 0 Å². The number of halogens is 1. The first-order valence-electron chi connectivity index (χ1n) is 7.19. The zero-order valence-corrected chi connectivity index (χ0v) is 13.3. The lowest BCUT2D eigenvalue weighted by molar-refractivity contribution is 0.0735. The largest absolute Gasteiger partial charge is 0.459 e.